The summed E-state index contributed by atoms with van der Waals surface area (Å²) in [4.78, 5) is 4.12. The lowest BCUT2D eigenvalue weighted by Crippen LogP contribution is -2.00. The average Bonchev–Trinajstić information content (AvgIpc) is 2.27. The van der Waals surface area contributed by atoms with Gasteiger partial charge in [-0.25, -0.2) is 0 Å². The monoisotopic (exact) mass is 641 g/mol. The third kappa shape index (κ3) is 4.17. The quantitative estimate of drug-likeness (QED) is 0.428. The maximum atomic E-state index is 5.88. The van der Waals surface area contributed by atoms with E-state index in [-0.39, 0.29) is 0 Å². The van der Waals surface area contributed by atoms with Crippen LogP contribution in [0.25, 0.3) is 0 Å². The average molecular weight is 642 g/mol. The van der Waals surface area contributed by atoms with Gasteiger partial charge in [0.15, 0.2) is 0 Å². The normalized spacial score (nSPS) is 10.4. The summed E-state index contributed by atoms with van der Waals surface area (Å²) in [7, 11) is 0. The summed E-state index contributed by atoms with van der Waals surface area (Å²) < 4.78 is 10.3. The zero-order valence-electron chi connectivity index (χ0n) is 8.96. The molecule has 6 heteroatoms. The molecule has 0 fully saturated rings. The van der Waals surface area contributed by atoms with Gasteiger partial charge in [-0.05, 0) is 102 Å². The first-order valence-electron chi connectivity index (χ1n) is 4.93. The lowest BCUT2D eigenvalue weighted by atomic mass is 10.3. The largest absolute Gasteiger partial charge is 0.487 e. The van der Waals surface area contributed by atoms with Gasteiger partial charge in [-0.1, -0.05) is 0 Å². The van der Waals surface area contributed by atoms with Crippen molar-refractivity contribution in [2.75, 3.05) is 0 Å². The van der Waals surface area contributed by atoms with E-state index in [0.29, 0.717) is 6.61 Å². The number of ether oxygens (including phenoxy) is 1. The second kappa shape index (κ2) is 7.02. The van der Waals surface area contributed by atoms with Crippen LogP contribution in [0.4, 0.5) is 0 Å². The van der Waals surface area contributed by atoms with E-state index in [0.717, 1.165) is 22.9 Å². The van der Waals surface area contributed by atoms with E-state index < -0.39 is 0 Å². The van der Waals surface area contributed by atoms with Crippen LogP contribution < -0.4 is 4.74 Å². The Hall–Kier alpha value is 0.840. The Labute approximate surface area is 155 Å². The summed E-state index contributed by atoms with van der Waals surface area (Å²) in [5, 5.41) is 0. The minimum atomic E-state index is 0.527. The number of hydrogen-bond acceptors (Lipinski definition) is 2. The van der Waals surface area contributed by atoms with Crippen LogP contribution in [0.15, 0.2) is 35.1 Å². The summed E-state index contributed by atoms with van der Waals surface area (Å²) in [6.45, 7) is 0.527. The molecule has 18 heavy (non-hydrogen) atoms. The van der Waals surface area contributed by atoms with Gasteiger partial charge in [0.05, 0.1) is 7.14 Å². The Morgan fingerprint density at radius 3 is 2.33 bits per heavy atom. The van der Waals surface area contributed by atoms with E-state index in [1.807, 2.05) is 12.3 Å². The fourth-order valence-corrected chi connectivity index (χ4v) is 5.66. The van der Waals surface area contributed by atoms with Crippen molar-refractivity contribution in [1.82, 2.24) is 4.98 Å². The molecule has 0 saturated heterocycles. The zero-order valence-corrected chi connectivity index (χ0v) is 17.0. The molecule has 0 aliphatic carbocycles. The molecule has 0 amide bonds. The van der Waals surface area contributed by atoms with Gasteiger partial charge in [-0.3, -0.25) is 4.98 Å². The van der Waals surface area contributed by atoms with E-state index in [1.54, 1.807) is 6.20 Å². The van der Waals surface area contributed by atoms with E-state index in [2.05, 4.69) is 101 Å². The molecular formula is C12H7BrI3NO. The molecule has 0 radical (unpaired) electrons. The predicted molar refractivity (Wildman–Crippen MR) is 101 cm³/mol. The third-order valence-electron chi connectivity index (χ3n) is 2.11. The lowest BCUT2D eigenvalue weighted by Gasteiger charge is -2.11. The van der Waals surface area contributed by atoms with Crippen molar-refractivity contribution in [3.8, 4) is 5.75 Å². The third-order valence-corrected chi connectivity index (χ3v) is 4.77. The SMILES string of the molecule is Brc1cncc(COc2c(I)cc(I)cc2I)c1. The number of nitrogens with zero attached hydrogens (tertiary/aromatic N) is 1. The molecule has 0 atom stereocenters. The van der Waals surface area contributed by atoms with Crippen molar-refractivity contribution < 1.29 is 4.74 Å². The molecule has 0 spiro atoms. The first-order chi connectivity index (χ1) is 8.56. The molecular weight excluding hydrogens is 635 g/mol. The van der Waals surface area contributed by atoms with E-state index >= 15 is 0 Å². The number of rotatable bonds is 3. The molecule has 1 aromatic heterocycles. The Morgan fingerprint density at radius 1 is 1.06 bits per heavy atom. The topological polar surface area (TPSA) is 22.1 Å². The molecule has 1 heterocycles. The summed E-state index contributed by atoms with van der Waals surface area (Å²) in [5.41, 5.74) is 1.05. The molecule has 0 bridgehead atoms. The first-order valence-corrected chi connectivity index (χ1v) is 8.96. The van der Waals surface area contributed by atoms with Gasteiger partial charge in [-0.2, -0.15) is 0 Å². The summed E-state index contributed by atoms with van der Waals surface area (Å²) in [5.74, 6) is 0.941. The van der Waals surface area contributed by atoms with Crippen molar-refractivity contribution in [2.24, 2.45) is 0 Å². The summed E-state index contributed by atoms with van der Waals surface area (Å²) in [6.07, 6.45) is 3.58. The lowest BCUT2D eigenvalue weighted by molar-refractivity contribution is 0.301. The smallest absolute Gasteiger partial charge is 0.146 e. The second-order valence-electron chi connectivity index (χ2n) is 3.50. The second-order valence-corrected chi connectivity index (χ2v) is 7.98. The number of hydrogen-bond donors (Lipinski definition) is 0. The molecule has 2 rings (SSSR count). The predicted octanol–water partition coefficient (Wildman–Crippen LogP) is 5.24. The van der Waals surface area contributed by atoms with E-state index in [1.165, 1.54) is 3.57 Å². The first kappa shape index (κ1) is 15.2. The summed E-state index contributed by atoms with van der Waals surface area (Å²) >= 11 is 10.3. The highest BCUT2D eigenvalue weighted by Crippen LogP contribution is 2.30. The van der Waals surface area contributed by atoms with Crippen LogP contribution in [0.1, 0.15) is 5.56 Å². The number of benzene rings is 1. The maximum Gasteiger partial charge on any atom is 0.146 e. The highest BCUT2D eigenvalue weighted by molar-refractivity contribution is 14.1. The molecule has 0 N–H and O–H groups in total. The van der Waals surface area contributed by atoms with Gasteiger partial charge in [0.2, 0.25) is 0 Å². The Kier molecular flexibility index (Phi) is 5.94. The van der Waals surface area contributed by atoms with Crippen molar-refractivity contribution in [2.45, 2.75) is 6.61 Å². The minimum absolute atomic E-state index is 0.527. The molecule has 2 aromatic rings. The molecule has 0 aliphatic heterocycles. The molecule has 1 aromatic carbocycles. The number of pyridine rings is 1. The fourth-order valence-electron chi connectivity index (χ4n) is 1.36. The van der Waals surface area contributed by atoms with Crippen molar-refractivity contribution >= 4 is 83.7 Å². The number of aromatic nitrogens is 1. The van der Waals surface area contributed by atoms with Gasteiger partial charge >= 0.3 is 0 Å². The van der Waals surface area contributed by atoms with Crippen LogP contribution in [-0.4, -0.2) is 4.98 Å². The van der Waals surface area contributed by atoms with Gasteiger partial charge in [0, 0.05) is 26.0 Å². The maximum absolute atomic E-state index is 5.88. The van der Waals surface area contributed by atoms with Crippen LogP contribution in [0.2, 0.25) is 0 Å². The Bertz CT molecular complexity index is 554. The van der Waals surface area contributed by atoms with Gasteiger partial charge in [-0.15, -0.1) is 0 Å². The van der Waals surface area contributed by atoms with Crippen molar-refractivity contribution in [1.29, 1.82) is 0 Å². The van der Waals surface area contributed by atoms with Crippen LogP contribution in [-0.2, 0) is 6.61 Å². The molecule has 2 nitrogen and oxygen atoms in total. The van der Waals surface area contributed by atoms with Gasteiger partial charge < -0.3 is 4.74 Å². The highest BCUT2D eigenvalue weighted by atomic mass is 127. The van der Waals surface area contributed by atoms with E-state index in [9.17, 15) is 0 Å². The van der Waals surface area contributed by atoms with E-state index in [4.69, 9.17) is 4.74 Å². The van der Waals surface area contributed by atoms with Crippen LogP contribution in [0, 0.1) is 10.7 Å². The van der Waals surface area contributed by atoms with Gasteiger partial charge in [0.1, 0.15) is 12.4 Å². The Morgan fingerprint density at radius 2 is 1.72 bits per heavy atom. The molecule has 0 unspecified atom stereocenters. The van der Waals surface area contributed by atoms with Crippen molar-refractivity contribution in [3.63, 3.8) is 0 Å². The number of halogens is 4. The Balaban J connectivity index is 2.16. The highest BCUT2D eigenvalue weighted by Gasteiger charge is 2.08. The molecule has 0 saturated carbocycles. The zero-order chi connectivity index (χ0) is 13.1. The fraction of sp³-hybridized carbons (Fsp3) is 0.0833. The van der Waals surface area contributed by atoms with Crippen molar-refractivity contribution in [3.05, 3.63) is 51.3 Å². The van der Waals surface area contributed by atoms with Crippen LogP contribution in [0.5, 0.6) is 5.75 Å². The standard InChI is InChI=1S/C12H7BrI3NO/c13-8-1-7(4-17-5-8)6-18-12-10(15)2-9(14)3-11(12)16/h1-5H,6H2. The molecule has 0 aliphatic rings. The van der Waals surface area contributed by atoms with Crippen LogP contribution in [0.3, 0.4) is 0 Å². The van der Waals surface area contributed by atoms with Gasteiger partial charge in [0.25, 0.3) is 0 Å². The molecule has 94 valence electrons. The van der Waals surface area contributed by atoms with Crippen LogP contribution >= 0.6 is 83.7 Å². The minimum Gasteiger partial charge on any atom is -0.487 e. The summed E-state index contributed by atoms with van der Waals surface area (Å²) in [6, 6.07) is 6.23.